The minimum Gasteiger partial charge on any atom is -0.491 e. The van der Waals surface area contributed by atoms with E-state index in [1.807, 2.05) is 13.8 Å². The molecular formula is C14H20N2O4S. The molecular weight excluding hydrogens is 292 g/mol. The molecule has 116 valence electrons. The molecule has 0 bridgehead atoms. The van der Waals surface area contributed by atoms with Crippen molar-refractivity contribution in [3.63, 3.8) is 0 Å². The van der Waals surface area contributed by atoms with Gasteiger partial charge in [-0.1, -0.05) is 0 Å². The van der Waals surface area contributed by atoms with Gasteiger partial charge in [-0.05, 0) is 38.1 Å². The summed E-state index contributed by atoms with van der Waals surface area (Å²) in [5.41, 5.74) is 0.744. The minimum absolute atomic E-state index is 0.0822. The number of carbonyl (C=O) groups is 1. The van der Waals surface area contributed by atoms with Crippen LogP contribution < -0.4 is 14.8 Å². The van der Waals surface area contributed by atoms with Gasteiger partial charge in [-0.25, -0.2) is 13.6 Å². The summed E-state index contributed by atoms with van der Waals surface area (Å²) in [4.78, 5) is 13.6. The zero-order valence-electron chi connectivity index (χ0n) is 12.2. The summed E-state index contributed by atoms with van der Waals surface area (Å²) in [6, 6.07) is 7.20. The molecule has 1 fully saturated rings. The average Bonchev–Trinajstić information content (AvgIpc) is 2.68. The zero-order valence-corrected chi connectivity index (χ0v) is 13.0. The predicted octanol–water partition coefficient (Wildman–Crippen LogP) is 1.12. The highest BCUT2D eigenvalue weighted by Crippen LogP contribution is 2.27. The molecule has 1 amide bonds. The van der Waals surface area contributed by atoms with E-state index in [0.29, 0.717) is 6.54 Å². The molecule has 1 aliphatic rings. The van der Waals surface area contributed by atoms with Crippen LogP contribution in [-0.4, -0.2) is 32.7 Å². The van der Waals surface area contributed by atoms with Gasteiger partial charge < -0.3 is 9.64 Å². The van der Waals surface area contributed by atoms with Crippen LogP contribution >= 0.6 is 0 Å². The Balaban J connectivity index is 2.06. The van der Waals surface area contributed by atoms with Crippen molar-refractivity contribution >= 4 is 21.6 Å². The Morgan fingerprint density at radius 2 is 1.95 bits per heavy atom. The van der Waals surface area contributed by atoms with E-state index in [-0.39, 0.29) is 30.1 Å². The van der Waals surface area contributed by atoms with E-state index < -0.39 is 10.0 Å². The first-order chi connectivity index (χ1) is 9.74. The second-order valence-electron chi connectivity index (χ2n) is 5.56. The maximum absolute atomic E-state index is 12.0. The molecule has 2 rings (SSSR count). The number of carbonyl (C=O) groups excluding carboxylic acids is 1. The number of hydrogen-bond acceptors (Lipinski definition) is 4. The molecule has 7 heteroatoms. The van der Waals surface area contributed by atoms with Crippen molar-refractivity contribution in [1.29, 1.82) is 0 Å². The maximum Gasteiger partial charge on any atom is 0.227 e. The molecule has 1 aliphatic heterocycles. The highest BCUT2D eigenvalue weighted by Gasteiger charge is 2.32. The zero-order chi connectivity index (χ0) is 15.6. The molecule has 1 aromatic carbocycles. The third-order valence-corrected chi connectivity index (χ3v) is 4.13. The summed E-state index contributed by atoms with van der Waals surface area (Å²) in [6.07, 6.45) is 0.295. The average molecular weight is 312 g/mol. The standard InChI is InChI=1S/C14H20N2O4S/c1-10(2)20-13-5-3-12(4-6-13)16-8-11(7-14(16)17)9-21(15,18)19/h3-6,10-11H,7-9H2,1-2H3,(H2,15,18,19). The topological polar surface area (TPSA) is 89.7 Å². The van der Waals surface area contributed by atoms with Crippen molar-refractivity contribution in [2.75, 3.05) is 17.2 Å². The first-order valence-electron chi connectivity index (χ1n) is 6.82. The fourth-order valence-corrected chi connectivity index (χ4v) is 3.33. The van der Waals surface area contributed by atoms with Crippen LogP contribution in [0.1, 0.15) is 20.3 Å². The number of benzene rings is 1. The van der Waals surface area contributed by atoms with Gasteiger partial charge in [0.2, 0.25) is 15.9 Å². The lowest BCUT2D eigenvalue weighted by atomic mass is 10.1. The van der Waals surface area contributed by atoms with E-state index in [4.69, 9.17) is 9.88 Å². The molecule has 0 saturated carbocycles. The predicted molar refractivity (Wildman–Crippen MR) is 80.6 cm³/mol. The lowest BCUT2D eigenvalue weighted by Crippen LogP contribution is -2.27. The van der Waals surface area contributed by atoms with Gasteiger partial charge in [-0.15, -0.1) is 0 Å². The number of primary sulfonamides is 1. The van der Waals surface area contributed by atoms with E-state index in [2.05, 4.69) is 0 Å². The molecule has 1 unspecified atom stereocenters. The molecule has 1 atom stereocenters. The molecule has 0 aromatic heterocycles. The SMILES string of the molecule is CC(C)Oc1ccc(N2CC(CS(N)(=O)=O)CC2=O)cc1. The van der Waals surface area contributed by atoms with Gasteiger partial charge in [0.05, 0.1) is 11.9 Å². The summed E-state index contributed by atoms with van der Waals surface area (Å²) < 4.78 is 27.8. The molecule has 0 radical (unpaired) electrons. The molecule has 1 aromatic rings. The largest absolute Gasteiger partial charge is 0.491 e. The normalized spacial score (nSPS) is 19.3. The number of rotatable bonds is 5. The van der Waals surface area contributed by atoms with Crippen LogP contribution in [0.3, 0.4) is 0 Å². The number of nitrogens with two attached hydrogens (primary N) is 1. The van der Waals surface area contributed by atoms with Crippen LogP contribution in [0.15, 0.2) is 24.3 Å². The van der Waals surface area contributed by atoms with E-state index in [0.717, 1.165) is 11.4 Å². The second-order valence-corrected chi connectivity index (χ2v) is 7.22. The Kier molecular flexibility index (Phi) is 4.53. The van der Waals surface area contributed by atoms with Crippen molar-refractivity contribution in [3.8, 4) is 5.75 Å². The summed E-state index contributed by atoms with van der Waals surface area (Å²) in [6.45, 7) is 4.26. The smallest absolute Gasteiger partial charge is 0.227 e. The van der Waals surface area contributed by atoms with Gasteiger partial charge in [-0.2, -0.15) is 0 Å². The van der Waals surface area contributed by atoms with Gasteiger partial charge in [0.15, 0.2) is 0 Å². The van der Waals surface area contributed by atoms with Crippen LogP contribution in [0.5, 0.6) is 5.75 Å². The number of nitrogens with zero attached hydrogens (tertiary/aromatic N) is 1. The third kappa shape index (κ3) is 4.44. The van der Waals surface area contributed by atoms with Crippen LogP contribution in [0, 0.1) is 5.92 Å². The number of amides is 1. The number of hydrogen-bond donors (Lipinski definition) is 1. The molecule has 2 N–H and O–H groups in total. The summed E-state index contributed by atoms with van der Waals surface area (Å²) >= 11 is 0. The van der Waals surface area contributed by atoms with E-state index in [1.165, 1.54) is 0 Å². The van der Waals surface area contributed by atoms with Gasteiger partial charge in [0.1, 0.15) is 5.75 Å². The molecule has 1 saturated heterocycles. The van der Waals surface area contributed by atoms with Gasteiger partial charge in [0, 0.05) is 24.6 Å². The minimum atomic E-state index is -3.56. The van der Waals surface area contributed by atoms with Crippen molar-refractivity contribution in [1.82, 2.24) is 0 Å². The Labute approximate surface area is 124 Å². The maximum atomic E-state index is 12.0. The van der Waals surface area contributed by atoms with Crippen LogP contribution in [0.2, 0.25) is 0 Å². The number of anilines is 1. The lowest BCUT2D eigenvalue weighted by Gasteiger charge is -2.17. The summed E-state index contributed by atoms with van der Waals surface area (Å²) in [7, 11) is -3.56. The van der Waals surface area contributed by atoms with Crippen molar-refractivity contribution in [2.45, 2.75) is 26.4 Å². The van der Waals surface area contributed by atoms with E-state index >= 15 is 0 Å². The Bertz CT molecular complexity index is 610. The third-order valence-electron chi connectivity index (χ3n) is 3.19. The molecule has 0 spiro atoms. The lowest BCUT2D eigenvalue weighted by molar-refractivity contribution is -0.117. The van der Waals surface area contributed by atoms with Crippen LogP contribution in [-0.2, 0) is 14.8 Å². The number of sulfonamides is 1. The molecule has 0 aliphatic carbocycles. The van der Waals surface area contributed by atoms with Gasteiger partial charge in [-0.3, -0.25) is 4.79 Å². The first kappa shape index (κ1) is 15.8. The molecule has 1 heterocycles. The summed E-state index contributed by atoms with van der Waals surface area (Å²) in [5.74, 6) is 0.241. The Morgan fingerprint density at radius 1 is 1.33 bits per heavy atom. The van der Waals surface area contributed by atoms with E-state index in [1.54, 1.807) is 29.2 Å². The number of ether oxygens (including phenoxy) is 1. The van der Waals surface area contributed by atoms with Crippen LogP contribution in [0.4, 0.5) is 5.69 Å². The second kappa shape index (κ2) is 6.03. The van der Waals surface area contributed by atoms with Crippen molar-refractivity contribution in [3.05, 3.63) is 24.3 Å². The summed E-state index contributed by atoms with van der Waals surface area (Å²) in [5, 5.41) is 5.04. The van der Waals surface area contributed by atoms with Crippen molar-refractivity contribution in [2.24, 2.45) is 11.1 Å². The Morgan fingerprint density at radius 3 is 2.48 bits per heavy atom. The Hall–Kier alpha value is -1.60. The van der Waals surface area contributed by atoms with Gasteiger partial charge in [0.25, 0.3) is 0 Å². The molecule has 6 nitrogen and oxygen atoms in total. The monoisotopic (exact) mass is 312 g/mol. The van der Waals surface area contributed by atoms with Gasteiger partial charge >= 0.3 is 0 Å². The quantitative estimate of drug-likeness (QED) is 0.882. The molecule has 21 heavy (non-hydrogen) atoms. The first-order valence-corrected chi connectivity index (χ1v) is 8.53. The highest BCUT2D eigenvalue weighted by atomic mass is 32.2. The van der Waals surface area contributed by atoms with Crippen LogP contribution in [0.25, 0.3) is 0 Å². The fraction of sp³-hybridized carbons (Fsp3) is 0.500. The fourth-order valence-electron chi connectivity index (χ4n) is 2.45. The van der Waals surface area contributed by atoms with E-state index in [9.17, 15) is 13.2 Å². The highest BCUT2D eigenvalue weighted by molar-refractivity contribution is 7.89. The van der Waals surface area contributed by atoms with Crippen molar-refractivity contribution < 1.29 is 17.9 Å².